The monoisotopic (exact) mass is 318 g/mol. The normalized spacial score (nSPS) is 20.8. The van der Waals surface area contributed by atoms with E-state index in [2.05, 4.69) is 4.72 Å². The third kappa shape index (κ3) is 3.13. The quantitative estimate of drug-likeness (QED) is 0.891. The molecule has 112 valence electrons. The first-order valence-corrected chi connectivity index (χ1v) is 8.70. The number of nitrogens with zero attached hydrogens (tertiary/aromatic N) is 1. The van der Waals surface area contributed by atoms with Crippen LogP contribution < -0.4 is 4.72 Å². The summed E-state index contributed by atoms with van der Waals surface area (Å²) in [6.45, 7) is 4.05. The standard InChI is InChI=1S/C12H18N2O4S2/c1-8-7-10(19-11(8)12(15)16)13-20(17,18)14-6-4-3-5-9(14)2/h7,9,13H,3-6H2,1-2H3,(H,15,16). The zero-order valence-corrected chi connectivity index (χ0v) is 13.1. The number of aromatic carboxylic acids is 1. The largest absolute Gasteiger partial charge is 0.477 e. The topological polar surface area (TPSA) is 86.7 Å². The van der Waals surface area contributed by atoms with Gasteiger partial charge in [0.15, 0.2) is 0 Å². The molecular weight excluding hydrogens is 300 g/mol. The minimum Gasteiger partial charge on any atom is -0.477 e. The van der Waals surface area contributed by atoms with E-state index < -0.39 is 16.2 Å². The van der Waals surface area contributed by atoms with Crippen molar-refractivity contribution in [3.63, 3.8) is 0 Å². The Balaban J connectivity index is 2.19. The summed E-state index contributed by atoms with van der Waals surface area (Å²) in [6, 6.07) is 1.53. The van der Waals surface area contributed by atoms with E-state index in [1.165, 1.54) is 4.31 Å². The first kappa shape index (κ1) is 15.3. The second kappa shape index (κ2) is 5.71. The fourth-order valence-corrected chi connectivity index (χ4v) is 4.98. The minimum atomic E-state index is -3.61. The van der Waals surface area contributed by atoms with Gasteiger partial charge in [0.05, 0.1) is 0 Å². The van der Waals surface area contributed by atoms with Gasteiger partial charge in [-0.05, 0) is 38.3 Å². The van der Waals surface area contributed by atoms with Crippen molar-refractivity contribution >= 4 is 32.5 Å². The van der Waals surface area contributed by atoms with Crippen molar-refractivity contribution in [3.05, 3.63) is 16.5 Å². The van der Waals surface area contributed by atoms with Crippen LogP contribution in [0.15, 0.2) is 6.07 Å². The Morgan fingerprint density at radius 3 is 2.75 bits per heavy atom. The van der Waals surface area contributed by atoms with Crippen LogP contribution in [0.2, 0.25) is 0 Å². The molecule has 2 N–H and O–H groups in total. The summed E-state index contributed by atoms with van der Waals surface area (Å²) in [5, 5.41) is 9.34. The zero-order valence-electron chi connectivity index (χ0n) is 11.4. The molecule has 0 aromatic carbocycles. The van der Waals surface area contributed by atoms with Gasteiger partial charge >= 0.3 is 16.2 Å². The van der Waals surface area contributed by atoms with Crippen molar-refractivity contribution in [3.8, 4) is 0 Å². The highest BCUT2D eigenvalue weighted by atomic mass is 32.2. The summed E-state index contributed by atoms with van der Waals surface area (Å²) in [5.74, 6) is -1.04. The lowest BCUT2D eigenvalue weighted by Gasteiger charge is -2.32. The lowest BCUT2D eigenvalue weighted by atomic mass is 10.1. The van der Waals surface area contributed by atoms with Crippen LogP contribution in [0.3, 0.4) is 0 Å². The predicted octanol–water partition coefficient (Wildman–Crippen LogP) is 2.29. The Labute approximate surface area is 122 Å². The number of thiophene rings is 1. The molecule has 0 spiro atoms. The smallest absolute Gasteiger partial charge is 0.346 e. The van der Waals surface area contributed by atoms with Crippen LogP contribution >= 0.6 is 11.3 Å². The summed E-state index contributed by atoms with van der Waals surface area (Å²) in [5.41, 5.74) is 0.562. The predicted molar refractivity (Wildman–Crippen MR) is 78.6 cm³/mol. The maximum atomic E-state index is 12.3. The van der Waals surface area contributed by atoms with Crippen LogP contribution in [-0.4, -0.2) is 36.4 Å². The number of carboxylic acids is 1. The molecule has 1 aromatic rings. The van der Waals surface area contributed by atoms with Crippen molar-refractivity contribution in [2.45, 2.75) is 39.2 Å². The van der Waals surface area contributed by atoms with Crippen LogP contribution in [0.25, 0.3) is 0 Å². The Hall–Kier alpha value is -1.12. The average Bonchev–Trinajstić information content (AvgIpc) is 2.69. The molecule has 1 fully saturated rings. The van der Waals surface area contributed by atoms with Crippen molar-refractivity contribution in [1.82, 2.24) is 4.31 Å². The Kier molecular flexibility index (Phi) is 4.36. The molecule has 0 radical (unpaired) electrons. The number of piperidine rings is 1. The molecule has 8 heteroatoms. The highest BCUT2D eigenvalue weighted by Gasteiger charge is 2.30. The summed E-state index contributed by atoms with van der Waals surface area (Å²) in [6.07, 6.45) is 2.74. The summed E-state index contributed by atoms with van der Waals surface area (Å²) >= 11 is 0.943. The van der Waals surface area contributed by atoms with Gasteiger partial charge in [0.25, 0.3) is 0 Å². The van der Waals surface area contributed by atoms with Crippen molar-refractivity contribution in [2.75, 3.05) is 11.3 Å². The second-order valence-electron chi connectivity index (χ2n) is 4.99. The maximum Gasteiger partial charge on any atom is 0.346 e. The lowest BCUT2D eigenvalue weighted by molar-refractivity contribution is 0.0701. The average molecular weight is 318 g/mol. The number of rotatable bonds is 4. The summed E-state index contributed by atoms with van der Waals surface area (Å²) < 4.78 is 28.6. The molecule has 1 saturated heterocycles. The molecule has 1 unspecified atom stereocenters. The van der Waals surface area contributed by atoms with Gasteiger partial charge in [0, 0.05) is 12.6 Å². The highest BCUT2D eigenvalue weighted by Crippen LogP contribution is 2.29. The maximum absolute atomic E-state index is 12.3. The van der Waals surface area contributed by atoms with Crippen LogP contribution in [0, 0.1) is 6.92 Å². The fourth-order valence-electron chi connectivity index (χ4n) is 2.36. The molecule has 0 amide bonds. The van der Waals surface area contributed by atoms with Gasteiger partial charge in [-0.1, -0.05) is 6.42 Å². The molecule has 20 heavy (non-hydrogen) atoms. The molecule has 1 aliphatic heterocycles. The summed E-state index contributed by atoms with van der Waals surface area (Å²) in [4.78, 5) is 11.1. The van der Waals surface area contributed by atoms with E-state index >= 15 is 0 Å². The van der Waals surface area contributed by atoms with Gasteiger partial charge in [0.2, 0.25) is 0 Å². The number of carbonyl (C=O) groups is 1. The van der Waals surface area contributed by atoms with Crippen LogP contribution in [-0.2, 0) is 10.2 Å². The Morgan fingerprint density at radius 2 is 2.20 bits per heavy atom. The van der Waals surface area contributed by atoms with Gasteiger partial charge in [0.1, 0.15) is 9.88 Å². The highest BCUT2D eigenvalue weighted by molar-refractivity contribution is 7.90. The number of nitrogens with one attached hydrogen (secondary N) is 1. The molecule has 2 rings (SSSR count). The van der Waals surface area contributed by atoms with E-state index in [0.29, 0.717) is 17.1 Å². The van der Waals surface area contributed by atoms with Crippen LogP contribution in [0.5, 0.6) is 0 Å². The number of hydrogen-bond donors (Lipinski definition) is 2. The first-order valence-electron chi connectivity index (χ1n) is 6.44. The van der Waals surface area contributed by atoms with Gasteiger partial charge < -0.3 is 5.11 Å². The van der Waals surface area contributed by atoms with Crippen LogP contribution in [0.1, 0.15) is 41.4 Å². The fraction of sp³-hybridized carbons (Fsp3) is 0.583. The van der Waals surface area contributed by atoms with E-state index in [1.54, 1.807) is 13.0 Å². The van der Waals surface area contributed by atoms with E-state index in [9.17, 15) is 13.2 Å². The number of aryl methyl sites for hydroxylation is 1. The number of hydrogen-bond acceptors (Lipinski definition) is 4. The van der Waals surface area contributed by atoms with Crippen molar-refractivity contribution in [2.24, 2.45) is 0 Å². The molecule has 1 aliphatic rings. The second-order valence-corrected chi connectivity index (χ2v) is 7.67. The Morgan fingerprint density at radius 1 is 1.50 bits per heavy atom. The minimum absolute atomic E-state index is 0.0266. The van der Waals surface area contributed by atoms with Crippen molar-refractivity contribution < 1.29 is 18.3 Å². The van der Waals surface area contributed by atoms with E-state index in [-0.39, 0.29) is 10.9 Å². The number of anilines is 1. The third-order valence-electron chi connectivity index (χ3n) is 3.39. The first-order chi connectivity index (χ1) is 9.31. The van der Waals surface area contributed by atoms with Gasteiger partial charge in [-0.25, -0.2) is 4.79 Å². The molecule has 1 atom stereocenters. The van der Waals surface area contributed by atoms with E-state index in [0.717, 1.165) is 30.6 Å². The molecule has 0 bridgehead atoms. The van der Waals surface area contributed by atoms with Crippen LogP contribution in [0.4, 0.5) is 5.00 Å². The lowest BCUT2D eigenvalue weighted by Crippen LogP contribution is -2.44. The molecular formula is C12H18N2O4S2. The molecule has 1 aromatic heterocycles. The van der Waals surface area contributed by atoms with Crippen molar-refractivity contribution in [1.29, 1.82) is 0 Å². The zero-order chi connectivity index (χ0) is 14.9. The van der Waals surface area contributed by atoms with Gasteiger partial charge in [-0.3, -0.25) is 4.72 Å². The summed E-state index contributed by atoms with van der Waals surface area (Å²) in [7, 11) is -3.61. The third-order valence-corrected chi connectivity index (χ3v) is 6.30. The Bertz CT molecular complexity index is 609. The molecule has 0 aliphatic carbocycles. The molecule has 2 heterocycles. The molecule has 6 nitrogen and oxygen atoms in total. The number of carboxylic acid groups (broad SMARTS) is 1. The SMILES string of the molecule is Cc1cc(NS(=O)(=O)N2CCCCC2C)sc1C(=O)O. The van der Waals surface area contributed by atoms with E-state index in [1.807, 2.05) is 6.92 Å². The van der Waals surface area contributed by atoms with Gasteiger partial charge in [-0.15, -0.1) is 11.3 Å². The van der Waals surface area contributed by atoms with Gasteiger partial charge in [-0.2, -0.15) is 12.7 Å². The molecule has 0 saturated carbocycles. The van der Waals surface area contributed by atoms with E-state index in [4.69, 9.17) is 5.11 Å².